The van der Waals surface area contributed by atoms with Gasteiger partial charge in [-0.25, -0.2) is 0 Å². The number of aromatic nitrogens is 1. The van der Waals surface area contributed by atoms with E-state index in [0.717, 1.165) is 33.1 Å². The van der Waals surface area contributed by atoms with Crippen molar-refractivity contribution in [1.82, 2.24) is 4.57 Å². The highest BCUT2D eigenvalue weighted by atomic mass is 28.3. The van der Waals surface area contributed by atoms with Crippen LogP contribution in [-0.2, 0) is 0 Å². The highest BCUT2D eigenvalue weighted by Gasteiger charge is 2.41. The third kappa shape index (κ3) is 3.89. The number of hydrogen-bond donors (Lipinski definition) is 0. The van der Waals surface area contributed by atoms with Crippen LogP contribution in [0.5, 0.6) is 0 Å². The summed E-state index contributed by atoms with van der Waals surface area (Å²) in [6, 6.07) is 62.3. The van der Waals surface area contributed by atoms with Crippen molar-refractivity contribution >= 4 is 72.6 Å². The summed E-state index contributed by atoms with van der Waals surface area (Å²) < 4.78 is 9.09. The fraction of sp³-hybridized carbons (Fsp3) is 0.0233. The Bertz CT molecular complexity index is 2430. The molecule has 0 aliphatic rings. The first-order valence-corrected chi connectivity index (χ1v) is 17.9. The van der Waals surface area contributed by atoms with Gasteiger partial charge >= 0.3 is 0 Å². The van der Waals surface area contributed by atoms with Gasteiger partial charge in [-0.2, -0.15) is 0 Å². The third-order valence-corrected chi connectivity index (χ3v) is 14.4. The van der Waals surface area contributed by atoms with E-state index in [0.29, 0.717) is 0 Å². The van der Waals surface area contributed by atoms with Crippen LogP contribution >= 0.6 is 0 Å². The van der Waals surface area contributed by atoms with Gasteiger partial charge < -0.3 is 8.98 Å². The number of hydrogen-bond acceptors (Lipinski definition) is 1. The summed E-state index contributed by atoms with van der Waals surface area (Å²) in [4.78, 5) is 0. The summed E-state index contributed by atoms with van der Waals surface area (Å²) in [5.74, 6) is 0. The van der Waals surface area contributed by atoms with Crippen molar-refractivity contribution in [3.8, 4) is 5.69 Å². The SMILES string of the molecule is Cc1cccc(-n2c3ccc([Si](c4ccccc4)(c4ccccc4)c4ccccc4)cc3c3ccc4c5ccccc5oc4c32)c1. The quantitative estimate of drug-likeness (QED) is 0.142. The Hall–Kier alpha value is -5.64. The van der Waals surface area contributed by atoms with Crippen LogP contribution in [0.2, 0.25) is 0 Å². The molecular weight excluding hydrogens is 575 g/mol. The molecule has 0 bridgehead atoms. The van der Waals surface area contributed by atoms with E-state index < -0.39 is 8.07 Å². The molecule has 2 heterocycles. The van der Waals surface area contributed by atoms with E-state index in [1.165, 1.54) is 42.6 Å². The highest BCUT2D eigenvalue weighted by molar-refractivity contribution is 7.20. The summed E-state index contributed by atoms with van der Waals surface area (Å²) in [6.45, 7) is 2.16. The van der Waals surface area contributed by atoms with Crippen LogP contribution in [0, 0.1) is 6.92 Å². The second-order valence-corrected chi connectivity index (χ2v) is 16.0. The fourth-order valence-electron chi connectivity index (χ4n) is 7.61. The lowest BCUT2D eigenvalue weighted by Gasteiger charge is -2.34. The highest BCUT2D eigenvalue weighted by Crippen LogP contribution is 2.40. The van der Waals surface area contributed by atoms with Crippen molar-refractivity contribution in [2.24, 2.45) is 0 Å². The standard InChI is InChI=1S/C43H31NOSi/c1-30-14-13-15-31(28-30)44-40-27-24-35(29-39(40)37-25-26-38-36-22-11-12-23-41(36)45-43(38)42(37)44)46(32-16-5-2-6-17-32,33-18-7-3-8-19-33)34-20-9-4-10-21-34/h2-29H,1H3. The maximum atomic E-state index is 6.68. The molecule has 0 fully saturated rings. The Morgan fingerprint density at radius 2 is 1.07 bits per heavy atom. The molecule has 0 N–H and O–H groups in total. The zero-order valence-electron chi connectivity index (χ0n) is 25.5. The van der Waals surface area contributed by atoms with Crippen LogP contribution in [-0.4, -0.2) is 12.6 Å². The Balaban J connectivity index is 1.44. The Labute approximate surface area is 268 Å². The van der Waals surface area contributed by atoms with Gasteiger partial charge in [0.15, 0.2) is 13.7 Å². The van der Waals surface area contributed by atoms with Gasteiger partial charge in [0.2, 0.25) is 0 Å². The van der Waals surface area contributed by atoms with Gasteiger partial charge in [0.1, 0.15) is 5.58 Å². The Morgan fingerprint density at radius 1 is 0.457 bits per heavy atom. The van der Waals surface area contributed by atoms with Crippen molar-refractivity contribution in [1.29, 1.82) is 0 Å². The molecule has 218 valence electrons. The van der Waals surface area contributed by atoms with Gasteiger partial charge in [-0.15, -0.1) is 0 Å². The molecule has 3 heteroatoms. The smallest absolute Gasteiger partial charge is 0.179 e. The summed E-state index contributed by atoms with van der Waals surface area (Å²) >= 11 is 0. The van der Waals surface area contributed by atoms with Crippen LogP contribution in [0.3, 0.4) is 0 Å². The van der Waals surface area contributed by atoms with Gasteiger partial charge in [-0.05, 0) is 63.6 Å². The maximum absolute atomic E-state index is 6.68. The van der Waals surface area contributed by atoms with E-state index >= 15 is 0 Å². The average molecular weight is 606 g/mol. The lowest BCUT2D eigenvalue weighted by atomic mass is 10.1. The van der Waals surface area contributed by atoms with Gasteiger partial charge in [0.25, 0.3) is 0 Å². The maximum Gasteiger partial charge on any atom is 0.179 e. The monoisotopic (exact) mass is 605 g/mol. The van der Waals surface area contributed by atoms with Crippen LogP contribution in [0.25, 0.3) is 49.4 Å². The molecule has 0 spiro atoms. The number of rotatable bonds is 5. The molecule has 2 nitrogen and oxygen atoms in total. The minimum Gasteiger partial charge on any atom is -0.454 e. The lowest BCUT2D eigenvalue weighted by molar-refractivity contribution is 0.671. The van der Waals surface area contributed by atoms with Crippen LogP contribution in [0.15, 0.2) is 174 Å². The first-order valence-electron chi connectivity index (χ1n) is 15.9. The minimum atomic E-state index is -2.70. The van der Waals surface area contributed by atoms with E-state index in [-0.39, 0.29) is 0 Å². The molecular formula is C43H31NOSi. The molecule has 7 aromatic carbocycles. The van der Waals surface area contributed by atoms with Crippen molar-refractivity contribution in [2.45, 2.75) is 6.92 Å². The number of para-hydroxylation sites is 1. The second-order valence-electron chi connectivity index (χ2n) is 12.2. The van der Waals surface area contributed by atoms with Crippen molar-refractivity contribution in [3.05, 3.63) is 175 Å². The number of furan rings is 1. The minimum absolute atomic E-state index is 0.912. The number of nitrogens with zero attached hydrogens (tertiary/aromatic N) is 1. The molecule has 9 aromatic rings. The zero-order chi connectivity index (χ0) is 30.7. The summed E-state index contributed by atoms with van der Waals surface area (Å²) in [6.07, 6.45) is 0. The van der Waals surface area contributed by atoms with Crippen molar-refractivity contribution in [3.63, 3.8) is 0 Å². The topological polar surface area (TPSA) is 18.1 Å². The predicted octanol–water partition coefficient (Wildman–Crippen LogP) is 8.37. The lowest BCUT2D eigenvalue weighted by Crippen LogP contribution is -2.74. The van der Waals surface area contributed by atoms with Gasteiger partial charge in [0.05, 0.1) is 11.0 Å². The number of benzene rings is 7. The zero-order valence-corrected chi connectivity index (χ0v) is 26.5. The van der Waals surface area contributed by atoms with E-state index in [1.54, 1.807) is 0 Å². The Morgan fingerprint density at radius 3 is 1.72 bits per heavy atom. The van der Waals surface area contributed by atoms with Crippen LogP contribution < -0.4 is 20.7 Å². The van der Waals surface area contributed by atoms with E-state index in [4.69, 9.17) is 4.42 Å². The number of aryl methyl sites for hydroxylation is 1. The molecule has 0 unspecified atom stereocenters. The van der Waals surface area contributed by atoms with Crippen molar-refractivity contribution in [2.75, 3.05) is 0 Å². The first-order chi connectivity index (χ1) is 22.7. The first kappa shape index (κ1) is 26.7. The molecule has 0 saturated carbocycles. The largest absolute Gasteiger partial charge is 0.454 e. The molecule has 0 amide bonds. The normalized spacial score (nSPS) is 12.0. The third-order valence-electron chi connectivity index (χ3n) is 9.59. The van der Waals surface area contributed by atoms with Gasteiger partial charge in [0, 0.05) is 27.2 Å². The summed E-state index contributed by atoms with van der Waals surface area (Å²) in [5, 5.41) is 10.2. The molecule has 46 heavy (non-hydrogen) atoms. The molecule has 0 radical (unpaired) electrons. The molecule has 0 atom stereocenters. The number of fused-ring (bicyclic) bond motifs is 7. The van der Waals surface area contributed by atoms with Crippen LogP contribution in [0.1, 0.15) is 5.56 Å². The van der Waals surface area contributed by atoms with E-state index in [1.807, 2.05) is 6.07 Å². The fourth-order valence-corrected chi connectivity index (χ4v) is 12.4. The molecule has 9 rings (SSSR count). The average Bonchev–Trinajstić information content (AvgIpc) is 3.66. The molecule has 0 saturated heterocycles. The van der Waals surface area contributed by atoms with Crippen LogP contribution in [0.4, 0.5) is 0 Å². The molecule has 2 aromatic heterocycles. The van der Waals surface area contributed by atoms with Crippen molar-refractivity contribution < 1.29 is 4.42 Å². The predicted molar refractivity (Wildman–Crippen MR) is 196 cm³/mol. The summed E-state index contributed by atoms with van der Waals surface area (Å²) in [7, 11) is -2.70. The Kier molecular flexibility index (Phi) is 6.09. The molecule has 0 aliphatic carbocycles. The van der Waals surface area contributed by atoms with Gasteiger partial charge in [-0.1, -0.05) is 140 Å². The van der Waals surface area contributed by atoms with E-state index in [9.17, 15) is 0 Å². The van der Waals surface area contributed by atoms with Gasteiger partial charge in [-0.3, -0.25) is 0 Å². The summed E-state index contributed by atoms with van der Waals surface area (Å²) in [5.41, 5.74) is 6.49. The molecule has 0 aliphatic heterocycles. The van der Waals surface area contributed by atoms with E-state index in [2.05, 4.69) is 175 Å². The second kappa shape index (κ2) is 10.5.